The Hall–Kier alpha value is -2.06. The van der Waals surface area contributed by atoms with Gasteiger partial charge >= 0.3 is 0 Å². The van der Waals surface area contributed by atoms with Crippen LogP contribution in [0.1, 0.15) is 21.5 Å². The first-order valence-electron chi connectivity index (χ1n) is 8.03. The number of halogens is 2. The number of hydrogen-bond donors (Lipinski definition) is 0. The van der Waals surface area contributed by atoms with Gasteiger partial charge in [-0.3, -0.25) is 9.69 Å². The van der Waals surface area contributed by atoms with Gasteiger partial charge in [0.1, 0.15) is 0 Å². The topological polar surface area (TPSA) is 47.3 Å². The van der Waals surface area contributed by atoms with Crippen molar-refractivity contribution in [2.75, 3.05) is 26.2 Å². The molecule has 4 nitrogen and oxygen atoms in total. The van der Waals surface area contributed by atoms with Gasteiger partial charge in [-0.1, -0.05) is 41.4 Å². The molecule has 0 radical (unpaired) electrons. The minimum atomic E-state index is -0.0706. The lowest BCUT2D eigenvalue weighted by molar-refractivity contribution is 0.0628. The molecule has 0 saturated carbocycles. The van der Waals surface area contributed by atoms with E-state index in [-0.39, 0.29) is 5.91 Å². The van der Waals surface area contributed by atoms with Crippen LogP contribution < -0.4 is 0 Å². The smallest absolute Gasteiger partial charge is 0.255 e. The van der Waals surface area contributed by atoms with Gasteiger partial charge < -0.3 is 4.90 Å². The predicted octanol–water partition coefficient (Wildman–Crippen LogP) is 3.82. The summed E-state index contributed by atoms with van der Waals surface area (Å²) in [5.74, 6) is -0.0706. The number of carbonyl (C=O) groups excluding carboxylic acids is 1. The maximum Gasteiger partial charge on any atom is 0.255 e. The number of carbonyl (C=O) groups is 1. The van der Waals surface area contributed by atoms with Crippen LogP contribution in [0.25, 0.3) is 0 Å². The Bertz CT molecular complexity index is 824. The van der Waals surface area contributed by atoms with Crippen molar-refractivity contribution >= 4 is 29.1 Å². The number of amides is 1. The maximum absolute atomic E-state index is 12.6. The zero-order chi connectivity index (χ0) is 17.8. The molecule has 2 aromatic carbocycles. The normalized spacial score (nSPS) is 15.0. The van der Waals surface area contributed by atoms with Crippen molar-refractivity contribution in [2.45, 2.75) is 6.54 Å². The average Bonchev–Trinajstić information content (AvgIpc) is 2.62. The molecule has 1 fully saturated rings. The van der Waals surface area contributed by atoms with Crippen LogP contribution in [0.3, 0.4) is 0 Å². The lowest BCUT2D eigenvalue weighted by Crippen LogP contribution is -2.48. The second-order valence-electron chi connectivity index (χ2n) is 5.96. The first kappa shape index (κ1) is 17.8. The summed E-state index contributed by atoms with van der Waals surface area (Å²) in [6, 6.07) is 14.8. The monoisotopic (exact) mass is 373 g/mol. The van der Waals surface area contributed by atoms with Gasteiger partial charge in [-0.2, -0.15) is 5.26 Å². The van der Waals surface area contributed by atoms with E-state index in [1.54, 1.807) is 18.2 Å². The van der Waals surface area contributed by atoms with Crippen LogP contribution in [0, 0.1) is 11.3 Å². The fourth-order valence-electron chi connectivity index (χ4n) is 2.95. The molecule has 1 aliphatic rings. The molecule has 0 aliphatic carbocycles. The van der Waals surface area contributed by atoms with Crippen LogP contribution in [0.5, 0.6) is 0 Å². The summed E-state index contributed by atoms with van der Waals surface area (Å²) in [6.07, 6.45) is 0. The van der Waals surface area contributed by atoms with Gasteiger partial charge in [-0.05, 0) is 29.8 Å². The molecule has 0 N–H and O–H groups in total. The average molecular weight is 374 g/mol. The second-order valence-corrected chi connectivity index (χ2v) is 6.81. The Morgan fingerprint density at radius 2 is 1.80 bits per heavy atom. The van der Waals surface area contributed by atoms with Crippen LogP contribution >= 0.6 is 23.2 Å². The minimum Gasteiger partial charge on any atom is -0.336 e. The van der Waals surface area contributed by atoms with Crippen molar-refractivity contribution < 1.29 is 4.79 Å². The molecule has 2 aromatic rings. The van der Waals surface area contributed by atoms with E-state index in [4.69, 9.17) is 23.2 Å². The highest BCUT2D eigenvalue weighted by Crippen LogP contribution is 2.23. The fourth-order valence-corrected chi connectivity index (χ4v) is 3.44. The highest BCUT2D eigenvalue weighted by atomic mass is 35.5. The molecule has 25 heavy (non-hydrogen) atoms. The molecule has 128 valence electrons. The Balaban J connectivity index is 1.62. The number of hydrogen-bond acceptors (Lipinski definition) is 3. The Morgan fingerprint density at radius 3 is 2.48 bits per heavy atom. The van der Waals surface area contributed by atoms with Gasteiger partial charge in [0.2, 0.25) is 0 Å². The van der Waals surface area contributed by atoms with Crippen molar-refractivity contribution in [1.29, 1.82) is 5.26 Å². The molecule has 0 aromatic heterocycles. The lowest BCUT2D eigenvalue weighted by atomic mass is 10.1. The van der Waals surface area contributed by atoms with Crippen LogP contribution in [-0.2, 0) is 6.54 Å². The van der Waals surface area contributed by atoms with Crippen LogP contribution in [-0.4, -0.2) is 41.9 Å². The molecule has 0 atom stereocenters. The van der Waals surface area contributed by atoms with Gasteiger partial charge in [0, 0.05) is 37.7 Å². The molecule has 0 spiro atoms. The molecule has 0 unspecified atom stereocenters. The Morgan fingerprint density at radius 1 is 1.08 bits per heavy atom. The molecule has 1 heterocycles. The zero-order valence-corrected chi connectivity index (χ0v) is 15.1. The molecule has 0 bridgehead atoms. The summed E-state index contributed by atoms with van der Waals surface area (Å²) in [5.41, 5.74) is 2.20. The maximum atomic E-state index is 12.6. The summed E-state index contributed by atoms with van der Waals surface area (Å²) in [7, 11) is 0. The van der Waals surface area contributed by atoms with E-state index in [1.165, 1.54) is 0 Å². The number of piperazine rings is 1. The van der Waals surface area contributed by atoms with Crippen molar-refractivity contribution in [3.05, 3.63) is 69.2 Å². The molecule has 1 amide bonds. The fraction of sp³-hybridized carbons (Fsp3) is 0.263. The summed E-state index contributed by atoms with van der Waals surface area (Å²) in [5, 5.41) is 10.1. The quantitative estimate of drug-likeness (QED) is 0.821. The predicted molar refractivity (Wildman–Crippen MR) is 98.8 cm³/mol. The standard InChI is InChI=1S/C19H17Cl2N3O/c20-16-5-6-17(18(21)11-16)19(25)24-9-7-23(8-10-24)13-15-4-2-1-3-14(15)12-22/h1-6,11H,7-10,13H2. The SMILES string of the molecule is N#Cc1ccccc1CN1CCN(C(=O)c2ccc(Cl)cc2Cl)CC1. The van der Waals surface area contributed by atoms with E-state index < -0.39 is 0 Å². The summed E-state index contributed by atoms with van der Waals surface area (Å²) in [6.45, 7) is 3.50. The largest absolute Gasteiger partial charge is 0.336 e. The number of benzene rings is 2. The van der Waals surface area contributed by atoms with Crippen LogP contribution in [0.4, 0.5) is 0 Å². The first-order valence-corrected chi connectivity index (χ1v) is 8.79. The molecule has 1 saturated heterocycles. The third kappa shape index (κ3) is 4.13. The molecule has 1 aliphatic heterocycles. The van der Waals surface area contributed by atoms with E-state index in [2.05, 4.69) is 11.0 Å². The van der Waals surface area contributed by atoms with Crippen molar-refractivity contribution in [2.24, 2.45) is 0 Å². The molecule has 6 heteroatoms. The van der Waals surface area contributed by atoms with E-state index in [0.29, 0.717) is 40.8 Å². The Labute approximate surface area is 157 Å². The van der Waals surface area contributed by atoms with Gasteiger partial charge in [-0.25, -0.2) is 0 Å². The summed E-state index contributed by atoms with van der Waals surface area (Å²) >= 11 is 12.0. The van der Waals surface area contributed by atoms with E-state index >= 15 is 0 Å². The number of nitriles is 1. The van der Waals surface area contributed by atoms with Gasteiger partial charge in [0.05, 0.1) is 22.2 Å². The van der Waals surface area contributed by atoms with E-state index in [9.17, 15) is 10.1 Å². The third-order valence-electron chi connectivity index (χ3n) is 4.35. The van der Waals surface area contributed by atoms with E-state index in [1.807, 2.05) is 29.2 Å². The highest BCUT2D eigenvalue weighted by molar-refractivity contribution is 6.36. The van der Waals surface area contributed by atoms with Crippen molar-refractivity contribution in [1.82, 2.24) is 9.80 Å². The zero-order valence-electron chi connectivity index (χ0n) is 13.6. The second kappa shape index (κ2) is 7.88. The molecular weight excluding hydrogens is 357 g/mol. The molecular formula is C19H17Cl2N3O. The van der Waals surface area contributed by atoms with Crippen molar-refractivity contribution in [3.8, 4) is 6.07 Å². The molecule has 3 rings (SSSR count). The third-order valence-corrected chi connectivity index (χ3v) is 4.90. The van der Waals surface area contributed by atoms with Crippen LogP contribution in [0.2, 0.25) is 10.0 Å². The highest BCUT2D eigenvalue weighted by Gasteiger charge is 2.24. The van der Waals surface area contributed by atoms with Crippen LogP contribution in [0.15, 0.2) is 42.5 Å². The van der Waals surface area contributed by atoms with Gasteiger partial charge in [0.25, 0.3) is 5.91 Å². The first-order chi connectivity index (χ1) is 12.1. The minimum absolute atomic E-state index is 0.0706. The van der Waals surface area contributed by atoms with Gasteiger partial charge in [0.15, 0.2) is 0 Å². The summed E-state index contributed by atoms with van der Waals surface area (Å²) < 4.78 is 0. The van der Waals surface area contributed by atoms with E-state index in [0.717, 1.165) is 18.7 Å². The Kier molecular flexibility index (Phi) is 5.60. The number of rotatable bonds is 3. The number of nitrogens with zero attached hydrogens (tertiary/aromatic N) is 3. The van der Waals surface area contributed by atoms with Crippen molar-refractivity contribution in [3.63, 3.8) is 0 Å². The van der Waals surface area contributed by atoms with Gasteiger partial charge in [-0.15, -0.1) is 0 Å². The lowest BCUT2D eigenvalue weighted by Gasteiger charge is -2.35. The summed E-state index contributed by atoms with van der Waals surface area (Å²) in [4.78, 5) is 16.7.